The van der Waals surface area contributed by atoms with Crippen molar-refractivity contribution in [2.24, 2.45) is 5.41 Å². The first-order valence-electron chi connectivity index (χ1n) is 11.0. The molecule has 1 unspecified atom stereocenters. The number of carbonyl (C=O) groups is 1. The number of halogens is 1. The van der Waals surface area contributed by atoms with Crippen molar-refractivity contribution in [2.45, 2.75) is 43.5 Å². The molecule has 1 aliphatic carbocycles. The Balaban J connectivity index is 1.57. The highest BCUT2D eigenvalue weighted by Gasteiger charge is 2.42. The highest BCUT2D eigenvalue weighted by Crippen LogP contribution is 2.47. The molecule has 6 nitrogen and oxygen atoms in total. The summed E-state index contributed by atoms with van der Waals surface area (Å²) in [5, 5.41) is 13.5. The molecule has 0 amide bonds. The van der Waals surface area contributed by atoms with E-state index in [0.717, 1.165) is 16.8 Å². The van der Waals surface area contributed by atoms with Crippen LogP contribution in [-0.4, -0.2) is 20.9 Å². The van der Waals surface area contributed by atoms with Crippen molar-refractivity contribution in [3.8, 4) is 5.75 Å². The first-order chi connectivity index (χ1) is 16.2. The summed E-state index contributed by atoms with van der Waals surface area (Å²) in [6, 6.07) is 12.8. The molecule has 0 saturated heterocycles. The van der Waals surface area contributed by atoms with Crippen molar-refractivity contribution >= 4 is 23.4 Å². The van der Waals surface area contributed by atoms with E-state index < -0.39 is 5.92 Å². The van der Waals surface area contributed by atoms with Crippen molar-refractivity contribution in [3.05, 3.63) is 92.7 Å². The molecule has 8 heteroatoms. The molecule has 0 radical (unpaired) electrons. The van der Waals surface area contributed by atoms with Gasteiger partial charge in [0.25, 0.3) is 5.56 Å². The fourth-order valence-electron chi connectivity index (χ4n) is 4.69. The molecule has 5 rings (SSSR count). The van der Waals surface area contributed by atoms with Gasteiger partial charge < -0.3 is 15.4 Å². The summed E-state index contributed by atoms with van der Waals surface area (Å²) in [7, 11) is 0. The maximum Gasteiger partial charge on any atom is 0.257 e. The summed E-state index contributed by atoms with van der Waals surface area (Å²) < 4.78 is 13.2. The lowest BCUT2D eigenvalue weighted by Gasteiger charge is -2.38. The van der Waals surface area contributed by atoms with Crippen LogP contribution in [0.1, 0.15) is 49.3 Å². The predicted molar refractivity (Wildman–Crippen MR) is 129 cm³/mol. The first-order valence-corrected chi connectivity index (χ1v) is 12.0. The molecule has 1 aliphatic heterocycles. The number of thioether (sulfide) groups is 1. The van der Waals surface area contributed by atoms with Crippen molar-refractivity contribution < 1.29 is 14.3 Å². The first kappa shape index (κ1) is 22.4. The maximum atomic E-state index is 13.3. The van der Waals surface area contributed by atoms with Gasteiger partial charge in [-0.15, -0.1) is 0 Å². The van der Waals surface area contributed by atoms with Gasteiger partial charge in [0.15, 0.2) is 10.9 Å². The lowest BCUT2D eigenvalue weighted by Crippen LogP contribution is -2.37. The van der Waals surface area contributed by atoms with Gasteiger partial charge in [-0.2, -0.15) is 0 Å². The van der Waals surface area contributed by atoms with Gasteiger partial charge in [0.05, 0.1) is 5.56 Å². The Morgan fingerprint density at radius 1 is 1.09 bits per heavy atom. The van der Waals surface area contributed by atoms with Gasteiger partial charge in [0.1, 0.15) is 17.4 Å². The molecule has 0 fully saturated rings. The Bertz CT molecular complexity index is 1360. The average molecular weight is 478 g/mol. The smallest absolute Gasteiger partial charge is 0.257 e. The van der Waals surface area contributed by atoms with E-state index in [1.165, 1.54) is 23.9 Å². The van der Waals surface area contributed by atoms with E-state index in [9.17, 15) is 19.1 Å². The number of hydrogen-bond donors (Lipinski definition) is 3. The molecule has 2 heterocycles. The fraction of sp³-hybridized carbons (Fsp3) is 0.269. The van der Waals surface area contributed by atoms with Gasteiger partial charge in [-0.1, -0.05) is 49.9 Å². The van der Waals surface area contributed by atoms with Gasteiger partial charge in [-0.3, -0.25) is 9.59 Å². The molecule has 1 atom stereocenters. The van der Waals surface area contributed by atoms with Crippen LogP contribution in [-0.2, 0) is 10.5 Å². The van der Waals surface area contributed by atoms with Crippen LogP contribution < -0.4 is 10.9 Å². The SMILES string of the molecule is CC1(C)CC(=O)C2=C(C1)Nc1nc(SCc3ccc(F)cc3)[nH]c(=O)c1C2c1ccc(O)cc1. The third kappa shape index (κ3) is 4.25. The van der Waals surface area contributed by atoms with E-state index in [2.05, 4.69) is 24.1 Å². The van der Waals surface area contributed by atoms with Gasteiger partial charge in [0.2, 0.25) is 0 Å². The van der Waals surface area contributed by atoms with Crippen molar-refractivity contribution in [1.82, 2.24) is 9.97 Å². The van der Waals surface area contributed by atoms with Crippen LogP contribution in [0.15, 0.2) is 69.8 Å². The number of aromatic amines is 1. The number of aromatic nitrogens is 2. The Morgan fingerprint density at radius 3 is 2.50 bits per heavy atom. The molecule has 3 N–H and O–H groups in total. The van der Waals surface area contributed by atoms with Crippen molar-refractivity contribution in [1.29, 1.82) is 0 Å². The van der Waals surface area contributed by atoms with E-state index in [1.54, 1.807) is 36.4 Å². The quantitative estimate of drug-likeness (QED) is 0.357. The molecule has 2 aliphatic rings. The number of anilines is 1. The number of rotatable bonds is 4. The number of ketones is 1. The number of Topliss-reactive ketones (excluding diaryl/α,β-unsaturated/α-hetero) is 1. The summed E-state index contributed by atoms with van der Waals surface area (Å²) in [5.74, 6) is 0.214. The topological polar surface area (TPSA) is 95.1 Å². The minimum Gasteiger partial charge on any atom is -0.508 e. The number of aromatic hydroxyl groups is 1. The molecule has 0 saturated carbocycles. The van der Waals surface area contributed by atoms with Crippen LogP contribution in [0, 0.1) is 11.2 Å². The Kier molecular flexibility index (Phi) is 5.56. The number of allylic oxidation sites excluding steroid dienone is 2. The number of benzene rings is 2. The second-order valence-electron chi connectivity index (χ2n) is 9.53. The van der Waals surface area contributed by atoms with E-state index >= 15 is 0 Å². The zero-order valence-corrected chi connectivity index (χ0v) is 19.6. The summed E-state index contributed by atoms with van der Waals surface area (Å²) >= 11 is 1.35. The van der Waals surface area contributed by atoms with Crippen LogP contribution in [0.4, 0.5) is 10.2 Å². The second kappa shape index (κ2) is 8.43. The summed E-state index contributed by atoms with van der Waals surface area (Å²) in [4.78, 5) is 34.1. The number of hydrogen-bond acceptors (Lipinski definition) is 6. The third-order valence-corrected chi connectivity index (χ3v) is 7.16. The van der Waals surface area contributed by atoms with Crippen LogP contribution >= 0.6 is 11.8 Å². The van der Waals surface area contributed by atoms with E-state index in [-0.39, 0.29) is 28.3 Å². The Labute approximate surface area is 200 Å². The van der Waals surface area contributed by atoms with E-state index in [4.69, 9.17) is 4.98 Å². The third-order valence-electron chi connectivity index (χ3n) is 6.22. The molecular weight excluding hydrogens is 453 g/mol. The molecule has 0 spiro atoms. The van der Waals surface area contributed by atoms with E-state index in [1.807, 2.05) is 0 Å². The maximum absolute atomic E-state index is 13.3. The number of carbonyl (C=O) groups excluding carboxylic acids is 1. The average Bonchev–Trinajstić information content (AvgIpc) is 2.77. The zero-order chi connectivity index (χ0) is 24.0. The highest BCUT2D eigenvalue weighted by atomic mass is 32.2. The number of nitrogens with one attached hydrogen (secondary N) is 2. The highest BCUT2D eigenvalue weighted by molar-refractivity contribution is 7.98. The zero-order valence-electron chi connectivity index (χ0n) is 18.8. The second-order valence-corrected chi connectivity index (χ2v) is 10.5. The predicted octanol–water partition coefficient (Wildman–Crippen LogP) is 5.11. The Hall–Kier alpha value is -3.39. The molecule has 0 bridgehead atoms. The Morgan fingerprint density at radius 2 is 1.79 bits per heavy atom. The summed E-state index contributed by atoms with van der Waals surface area (Å²) in [6.07, 6.45) is 1.06. The lowest BCUT2D eigenvalue weighted by molar-refractivity contribution is -0.118. The normalized spacial score (nSPS) is 18.8. The number of phenolic OH excluding ortho intramolecular Hbond substituents is 1. The van der Waals surface area contributed by atoms with Crippen LogP contribution in [0.2, 0.25) is 0 Å². The van der Waals surface area contributed by atoms with Crippen LogP contribution in [0.5, 0.6) is 5.75 Å². The standard InChI is InChI=1S/C26H24FN3O3S/c1-26(2)11-18-21(19(32)12-26)20(15-5-9-17(31)10-6-15)22-23(28-18)29-25(30-24(22)33)34-13-14-3-7-16(27)8-4-14/h3-10,20,31H,11-13H2,1-2H3,(H2,28,29,30,33). The van der Waals surface area contributed by atoms with Crippen LogP contribution in [0.3, 0.4) is 0 Å². The fourth-order valence-corrected chi connectivity index (χ4v) is 5.51. The number of nitrogens with zero attached hydrogens (tertiary/aromatic N) is 1. The minimum absolute atomic E-state index is 0.0108. The van der Waals surface area contributed by atoms with E-state index in [0.29, 0.717) is 40.7 Å². The molecule has 3 aromatic rings. The molecule has 2 aromatic carbocycles. The number of H-pyrrole nitrogens is 1. The molecular formula is C26H24FN3O3S. The van der Waals surface area contributed by atoms with Gasteiger partial charge in [0, 0.05) is 29.4 Å². The van der Waals surface area contributed by atoms with Crippen molar-refractivity contribution in [3.63, 3.8) is 0 Å². The molecule has 34 heavy (non-hydrogen) atoms. The summed E-state index contributed by atoms with van der Waals surface area (Å²) in [5.41, 5.74) is 2.91. The largest absolute Gasteiger partial charge is 0.508 e. The minimum atomic E-state index is -0.567. The van der Waals surface area contributed by atoms with Gasteiger partial charge in [-0.25, -0.2) is 9.37 Å². The monoisotopic (exact) mass is 477 g/mol. The molecule has 174 valence electrons. The molecule has 1 aromatic heterocycles. The van der Waals surface area contributed by atoms with Gasteiger partial charge in [-0.05, 0) is 47.2 Å². The number of phenols is 1. The van der Waals surface area contributed by atoms with Gasteiger partial charge >= 0.3 is 0 Å². The van der Waals surface area contributed by atoms with Crippen LogP contribution in [0.25, 0.3) is 0 Å². The summed E-state index contributed by atoms with van der Waals surface area (Å²) in [6.45, 7) is 4.10. The number of fused-ring (bicyclic) bond motifs is 1. The lowest BCUT2D eigenvalue weighted by atomic mass is 9.69. The van der Waals surface area contributed by atoms with Crippen molar-refractivity contribution in [2.75, 3.05) is 5.32 Å².